The van der Waals surface area contributed by atoms with Crippen LogP contribution >= 0.6 is 0 Å². The molecule has 0 saturated heterocycles. The number of hydrogen-bond donors (Lipinski definition) is 1. The summed E-state index contributed by atoms with van der Waals surface area (Å²) in [5, 5.41) is 0. The van der Waals surface area contributed by atoms with Crippen LogP contribution in [0.2, 0.25) is 0 Å². The van der Waals surface area contributed by atoms with Gasteiger partial charge in [0.1, 0.15) is 0 Å². The van der Waals surface area contributed by atoms with Crippen LogP contribution in [0.15, 0.2) is 30.3 Å². The lowest BCUT2D eigenvalue weighted by Crippen LogP contribution is -2.39. The van der Waals surface area contributed by atoms with Crippen LogP contribution in [-0.2, 0) is 6.42 Å². The van der Waals surface area contributed by atoms with E-state index in [9.17, 15) is 0 Å². The molecule has 2 atom stereocenters. The van der Waals surface area contributed by atoms with Crippen molar-refractivity contribution in [3.05, 3.63) is 35.9 Å². The first kappa shape index (κ1) is 14.6. The summed E-state index contributed by atoms with van der Waals surface area (Å²) in [6, 6.07) is 10.8. The zero-order chi connectivity index (χ0) is 13.7. The van der Waals surface area contributed by atoms with Crippen LogP contribution in [0.3, 0.4) is 0 Å². The third kappa shape index (κ3) is 4.35. The summed E-state index contributed by atoms with van der Waals surface area (Å²) in [6.07, 6.45) is 8.70. The van der Waals surface area contributed by atoms with E-state index >= 15 is 0 Å². The lowest BCUT2D eigenvalue weighted by molar-refractivity contribution is 0.313. The Labute approximate surface area is 118 Å². The van der Waals surface area contributed by atoms with Gasteiger partial charge >= 0.3 is 0 Å². The zero-order valence-electron chi connectivity index (χ0n) is 12.6. The number of rotatable bonds is 4. The molecule has 1 fully saturated rings. The summed E-state index contributed by atoms with van der Waals surface area (Å²) in [5.41, 5.74) is 8.18. The molecule has 1 heteroatoms. The molecule has 0 aromatic heterocycles. The minimum absolute atomic E-state index is 0.0828. The summed E-state index contributed by atoms with van der Waals surface area (Å²) in [5.74, 6) is 1.71. The average molecular weight is 259 g/mol. The van der Waals surface area contributed by atoms with Crippen LogP contribution in [-0.4, -0.2) is 5.54 Å². The molecular formula is C18H29N. The fourth-order valence-corrected chi connectivity index (χ4v) is 3.41. The highest BCUT2D eigenvalue weighted by Gasteiger charge is 2.29. The van der Waals surface area contributed by atoms with Crippen LogP contribution in [0, 0.1) is 11.8 Å². The SMILES string of the molecule is CC(C)C1CCCC(N)(CCc2ccccc2)CC1. The summed E-state index contributed by atoms with van der Waals surface area (Å²) in [7, 11) is 0. The van der Waals surface area contributed by atoms with Gasteiger partial charge in [-0.2, -0.15) is 0 Å². The largest absolute Gasteiger partial charge is 0.325 e. The van der Waals surface area contributed by atoms with Crippen molar-refractivity contribution in [2.24, 2.45) is 17.6 Å². The molecule has 0 bridgehead atoms. The fourth-order valence-electron chi connectivity index (χ4n) is 3.41. The van der Waals surface area contributed by atoms with Crippen molar-refractivity contribution in [1.29, 1.82) is 0 Å². The van der Waals surface area contributed by atoms with Gasteiger partial charge in [0.15, 0.2) is 0 Å². The van der Waals surface area contributed by atoms with Crippen molar-refractivity contribution in [1.82, 2.24) is 0 Å². The topological polar surface area (TPSA) is 26.0 Å². The van der Waals surface area contributed by atoms with Crippen molar-refractivity contribution < 1.29 is 0 Å². The van der Waals surface area contributed by atoms with E-state index in [0.29, 0.717) is 0 Å². The third-order valence-electron chi connectivity index (χ3n) is 4.96. The average Bonchev–Trinajstić information content (AvgIpc) is 2.61. The van der Waals surface area contributed by atoms with Gasteiger partial charge in [-0.1, -0.05) is 57.0 Å². The Hall–Kier alpha value is -0.820. The van der Waals surface area contributed by atoms with Gasteiger partial charge in [-0.05, 0) is 49.5 Å². The Balaban J connectivity index is 1.88. The number of nitrogens with two attached hydrogens (primary N) is 1. The maximum Gasteiger partial charge on any atom is 0.0157 e. The van der Waals surface area contributed by atoms with E-state index in [2.05, 4.69) is 44.2 Å². The van der Waals surface area contributed by atoms with Crippen molar-refractivity contribution in [2.75, 3.05) is 0 Å². The standard InChI is InChI=1S/C18H29N/c1-15(2)17-9-6-12-18(19,14-11-17)13-10-16-7-4-3-5-8-16/h3-5,7-8,15,17H,6,9-14,19H2,1-2H3. The van der Waals surface area contributed by atoms with Crippen molar-refractivity contribution in [2.45, 2.75) is 64.3 Å². The molecule has 0 amide bonds. The fraction of sp³-hybridized carbons (Fsp3) is 0.667. The maximum atomic E-state index is 6.67. The van der Waals surface area contributed by atoms with Gasteiger partial charge < -0.3 is 5.73 Å². The first-order valence-corrected chi connectivity index (χ1v) is 7.92. The van der Waals surface area contributed by atoms with Gasteiger partial charge in [0.25, 0.3) is 0 Å². The van der Waals surface area contributed by atoms with E-state index in [1.807, 2.05) is 0 Å². The Morgan fingerprint density at radius 1 is 1.16 bits per heavy atom. The highest BCUT2D eigenvalue weighted by atomic mass is 14.7. The second-order valence-electron chi connectivity index (χ2n) is 6.78. The summed E-state index contributed by atoms with van der Waals surface area (Å²) >= 11 is 0. The summed E-state index contributed by atoms with van der Waals surface area (Å²) in [6.45, 7) is 4.72. The monoisotopic (exact) mass is 259 g/mol. The van der Waals surface area contributed by atoms with Gasteiger partial charge in [-0.3, -0.25) is 0 Å². The van der Waals surface area contributed by atoms with Crippen molar-refractivity contribution in [3.63, 3.8) is 0 Å². The van der Waals surface area contributed by atoms with E-state index < -0.39 is 0 Å². The van der Waals surface area contributed by atoms with Crippen LogP contribution in [0.4, 0.5) is 0 Å². The lowest BCUT2D eigenvalue weighted by Gasteiger charge is -2.28. The second-order valence-corrected chi connectivity index (χ2v) is 6.78. The molecule has 1 aromatic rings. The van der Waals surface area contributed by atoms with E-state index in [1.165, 1.54) is 37.7 Å². The molecule has 2 rings (SSSR count). The first-order valence-electron chi connectivity index (χ1n) is 7.92. The molecule has 2 N–H and O–H groups in total. The predicted molar refractivity (Wildman–Crippen MR) is 83.1 cm³/mol. The Morgan fingerprint density at radius 2 is 1.89 bits per heavy atom. The van der Waals surface area contributed by atoms with Gasteiger partial charge in [0.05, 0.1) is 0 Å². The molecule has 1 aromatic carbocycles. The molecular weight excluding hydrogens is 230 g/mol. The molecule has 1 saturated carbocycles. The zero-order valence-corrected chi connectivity index (χ0v) is 12.6. The minimum atomic E-state index is 0.0828. The predicted octanol–water partition coefficient (Wildman–Crippen LogP) is 4.55. The Morgan fingerprint density at radius 3 is 2.58 bits per heavy atom. The number of benzene rings is 1. The van der Waals surface area contributed by atoms with Gasteiger partial charge in [0.2, 0.25) is 0 Å². The van der Waals surface area contributed by atoms with Crippen molar-refractivity contribution >= 4 is 0 Å². The highest BCUT2D eigenvalue weighted by molar-refractivity contribution is 5.15. The molecule has 0 radical (unpaired) electrons. The van der Waals surface area contributed by atoms with Gasteiger partial charge in [-0.25, -0.2) is 0 Å². The second kappa shape index (κ2) is 6.56. The van der Waals surface area contributed by atoms with Gasteiger partial charge in [0, 0.05) is 5.54 Å². The smallest absolute Gasteiger partial charge is 0.0157 e. The Bertz CT molecular complexity index is 371. The molecule has 1 aliphatic rings. The maximum absolute atomic E-state index is 6.67. The van der Waals surface area contributed by atoms with E-state index in [0.717, 1.165) is 24.7 Å². The lowest BCUT2D eigenvalue weighted by atomic mass is 9.84. The molecule has 106 valence electrons. The number of aryl methyl sites for hydroxylation is 1. The molecule has 2 unspecified atom stereocenters. The van der Waals surface area contributed by atoms with Crippen LogP contribution < -0.4 is 5.73 Å². The van der Waals surface area contributed by atoms with Crippen LogP contribution in [0.5, 0.6) is 0 Å². The minimum Gasteiger partial charge on any atom is -0.325 e. The molecule has 0 heterocycles. The number of hydrogen-bond acceptors (Lipinski definition) is 1. The summed E-state index contributed by atoms with van der Waals surface area (Å²) in [4.78, 5) is 0. The molecule has 0 spiro atoms. The molecule has 1 nitrogen and oxygen atoms in total. The molecule has 0 aliphatic heterocycles. The Kier molecular flexibility index (Phi) is 5.04. The molecule has 1 aliphatic carbocycles. The van der Waals surface area contributed by atoms with Gasteiger partial charge in [-0.15, -0.1) is 0 Å². The molecule has 19 heavy (non-hydrogen) atoms. The van der Waals surface area contributed by atoms with Crippen molar-refractivity contribution in [3.8, 4) is 0 Å². The normalized spacial score (nSPS) is 28.3. The summed E-state index contributed by atoms with van der Waals surface area (Å²) < 4.78 is 0. The first-order chi connectivity index (χ1) is 9.09. The van der Waals surface area contributed by atoms with E-state index in [1.54, 1.807) is 0 Å². The van der Waals surface area contributed by atoms with Crippen LogP contribution in [0.1, 0.15) is 57.9 Å². The third-order valence-corrected chi connectivity index (χ3v) is 4.96. The van der Waals surface area contributed by atoms with E-state index in [4.69, 9.17) is 5.73 Å². The van der Waals surface area contributed by atoms with Crippen LogP contribution in [0.25, 0.3) is 0 Å². The van der Waals surface area contributed by atoms with E-state index in [-0.39, 0.29) is 5.54 Å². The quantitative estimate of drug-likeness (QED) is 0.789. The highest BCUT2D eigenvalue weighted by Crippen LogP contribution is 2.34.